The molecule has 124 valence electrons. The van der Waals surface area contributed by atoms with Crippen molar-refractivity contribution in [2.24, 2.45) is 0 Å². The second kappa shape index (κ2) is 17.3. The second-order valence-corrected chi connectivity index (χ2v) is 6.64. The maximum Gasteiger partial charge on any atom is 0.745 e. The lowest BCUT2D eigenvalue weighted by atomic mass is 9.99. The van der Waals surface area contributed by atoms with Crippen LogP contribution in [-0.4, -0.2) is 33.3 Å². The zero-order valence-corrected chi connectivity index (χ0v) is 16.0. The Labute approximate surface area is 146 Å². The molecule has 0 amide bonds. The van der Waals surface area contributed by atoms with Crippen molar-refractivity contribution in [3.63, 3.8) is 0 Å². The molecule has 0 aliphatic rings. The molecule has 0 aromatic carbocycles. The zero-order chi connectivity index (χ0) is 16.7. The Hall–Kier alpha value is 0.980. The molecule has 2 unspecified atom stereocenters. The summed E-state index contributed by atoms with van der Waals surface area (Å²) in [6, 6.07) is 0. The van der Waals surface area contributed by atoms with E-state index in [9.17, 15) is 9.13 Å². The summed E-state index contributed by atoms with van der Waals surface area (Å²) in [6.45, 7) is 0. The smallest absolute Gasteiger partial charge is 0.131 e. The molecule has 2 atom stereocenters. The Bertz CT molecular complexity index is 295. The van der Waals surface area contributed by atoms with Gasteiger partial charge in [-0.3, -0.25) is 0 Å². The fourth-order valence-corrected chi connectivity index (χ4v) is 2.86. The highest BCUT2D eigenvalue weighted by molar-refractivity contribution is 7.46. The average Bonchev–Trinajstić information content (AvgIpc) is 2.37. The molecule has 0 heterocycles. The summed E-state index contributed by atoms with van der Waals surface area (Å²) >= 11 is 22.9. The summed E-state index contributed by atoms with van der Waals surface area (Å²) in [4.78, 5) is 15.3. The lowest BCUT2D eigenvalue weighted by molar-refractivity contribution is 0.371. The van der Waals surface area contributed by atoms with Gasteiger partial charge in [-0.05, 0) is 25.7 Å². The number of alkyl halides is 4. The number of hydrogen-bond acceptors (Lipinski definition) is 3. The van der Waals surface area contributed by atoms with E-state index in [4.69, 9.17) is 56.2 Å². The van der Waals surface area contributed by atoms with Gasteiger partial charge in [-0.2, -0.15) is 0 Å². The van der Waals surface area contributed by atoms with E-state index in [0.717, 1.165) is 25.7 Å². The van der Waals surface area contributed by atoms with Gasteiger partial charge in [0.2, 0.25) is 0 Å². The van der Waals surface area contributed by atoms with Crippen LogP contribution in [0.15, 0.2) is 11.1 Å². The average molecular weight is 422 g/mol. The second-order valence-electron chi connectivity index (χ2n) is 3.52. The molecule has 0 bridgehead atoms. The van der Waals surface area contributed by atoms with Crippen molar-refractivity contribution in [2.45, 2.75) is 25.7 Å². The third-order valence-electron chi connectivity index (χ3n) is 2.22. The molecule has 0 saturated heterocycles. The van der Waals surface area contributed by atoms with Crippen LogP contribution in [0.2, 0.25) is 0 Å². The van der Waals surface area contributed by atoms with Gasteiger partial charge in [0, 0.05) is 32.7 Å². The molecule has 0 aliphatic heterocycles. The SMILES string of the molecule is ClCCC(CCCl)=C(CCCl)CCCl.O=[P+](O)O[P+](=O)O. The van der Waals surface area contributed by atoms with E-state index in [-0.39, 0.29) is 0 Å². The van der Waals surface area contributed by atoms with Crippen LogP contribution in [0, 0.1) is 0 Å². The van der Waals surface area contributed by atoms with E-state index in [2.05, 4.69) is 4.31 Å². The van der Waals surface area contributed by atoms with Crippen LogP contribution in [0.25, 0.3) is 0 Å². The van der Waals surface area contributed by atoms with Gasteiger partial charge in [0.25, 0.3) is 0 Å². The van der Waals surface area contributed by atoms with Gasteiger partial charge in [-0.25, -0.2) is 0 Å². The van der Waals surface area contributed by atoms with E-state index in [1.54, 1.807) is 0 Å². The fraction of sp³-hybridized carbons (Fsp3) is 0.800. The van der Waals surface area contributed by atoms with Crippen LogP contribution in [0.4, 0.5) is 0 Å². The third-order valence-corrected chi connectivity index (χ3v) is 4.10. The van der Waals surface area contributed by atoms with Crippen LogP contribution < -0.4 is 0 Å². The first-order chi connectivity index (χ1) is 9.92. The molecule has 0 saturated carbocycles. The van der Waals surface area contributed by atoms with Gasteiger partial charge < -0.3 is 0 Å². The Morgan fingerprint density at radius 2 is 0.952 bits per heavy atom. The lowest BCUT2D eigenvalue weighted by Crippen LogP contribution is -1.97. The minimum atomic E-state index is -2.92. The van der Waals surface area contributed by atoms with Crippen LogP contribution in [0.3, 0.4) is 0 Å². The van der Waals surface area contributed by atoms with Crippen LogP contribution in [0.5, 0.6) is 0 Å². The van der Waals surface area contributed by atoms with E-state index in [1.807, 2.05) is 0 Å². The van der Waals surface area contributed by atoms with Crippen LogP contribution in [-0.2, 0) is 13.4 Å². The normalized spacial score (nSPS) is 11.3. The van der Waals surface area contributed by atoms with Crippen molar-refractivity contribution in [3.8, 4) is 0 Å². The summed E-state index contributed by atoms with van der Waals surface area (Å²) in [5.41, 5.74) is 2.69. The largest absolute Gasteiger partial charge is 0.745 e. The standard InChI is InChI=1S/C10H16Cl4.O5P2/c11-5-1-9(2-6-12)10(3-7-13)4-8-14;1-6(2)5-7(3)4/h1-8H2;/p+2. The molecule has 0 rings (SSSR count). The number of halogens is 4. The molecule has 0 fully saturated rings. The molecule has 0 radical (unpaired) electrons. The first kappa shape index (κ1) is 24.2. The number of rotatable bonds is 10. The Balaban J connectivity index is 0. The van der Waals surface area contributed by atoms with E-state index in [1.165, 1.54) is 11.1 Å². The van der Waals surface area contributed by atoms with Gasteiger partial charge in [-0.15, -0.1) is 56.2 Å². The molecule has 2 N–H and O–H groups in total. The van der Waals surface area contributed by atoms with Crippen LogP contribution >= 0.6 is 62.9 Å². The quantitative estimate of drug-likeness (QED) is 0.291. The van der Waals surface area contributed by atoms with Gasteiger partial charge in [0.05, 0.1) is 0 Å². The van der Waals surface area contributed by atoms with Crippen molar-refractivity contribution in [1.29, 1.82) is 0 Å². The topological polar surface area (TPSA) is 83.8 Å². The van der Waals surface area contributed by atoms with Gasteiger partial charge in [-0.1, -0.05) is 11.1 Å². The van der Waals surface area contributed by atoms with Gasteiger partial charge in [0.15, 0.2) is 4.31 Å². The highest BCUT2D eigenvalue weighted by Gasteiger charge is 2.31. The predicted molar refractivity (Wildman–Crippen MR) is 89.1 cm³/mol. The molecule has 21 heavy (non-hydrogen) atoms. The summed E-state index contributed by atoms with van der Waals surface area (Å²) in [6.07, 6.45) is 3.60. The third kappa shape index (κ3) is 17.2. The first-order valence-electron chi connectivity index (χ1n) is 5.86. The van der Waals surface area contributed by atoms with Crippen molar-refractivity contribution in [2.75, 3.05) is 23.5 Å². The van der Waals surface area contributed by atoms with Gasteiger partial charge in [0.1, 0.15) is 0 Å². The fourth-order valence-electron chi connectivity index (χ4n) is 1.47. The summed E-state index contributed by atoms with van der Waals surface area (Å²) in [5, 5.41) is 0. The molecule has 0 aromatic heterocycles. The molecule has 11 heteroatoms. The lowest BCUT2D eigenvalue weighted by Gasteiger charge is -2.12. The molecule has 0 aliphatic carbocycles. The summed E-state index contributed by atoms with van der Waals surface area (Å²) in [7, 11) is -5.85. The minimum Gasteiger partial charge on any atom is -0.131 e. The summed E-state index contributed by atoms with van der Waals surface area (Å²) in [5.74, 6) is 2.56. The summed E-state index contributed by atoms with van der Waals surface area (Å²) < 4.78 is 22.2. The van der Waals surface area contributed by atoms with Crippen LogP contribution in [0.1, 0.15) is 25.7 Å². The van der Waals surface area contributed by atoms with E-state index in [0.29, 0.717) is 23.5 Å². The van der Waals surface area contributed by atoms with Gasteiger partial charge >= 0.3 is 16.5 Å². The maximum absolute atomic E-state index is 9.39. The molecule has 0 aromatic rings. The predicted octanol–water partition coefficient (Wildman–Crippen LogP) is 5.10. The molecule has 5 nitrogen and oxygen atoms in total. The van der Waals surface area contributed by atoms with E-state index >= 15 is 0 Å². The van der Waals surface area contributed by atoms with E-state index < -0.39 is 16.5 Å². The highest BCUT2D eigenvalue weighted by atomic mass is 35.5. The Morgan fingerprint density at radius 1 is 0.714 bits per heavy atom. The molecule has 0 spiro atoms. The zero-order valence-electron chi connectivity index (χ0n) is 11.2. The minimum absolute atomic E-state index is 0.639. The molecular weight excluding hydrogens is 404 g/mol. The first-order valence-corrected chi connectivity index (χ1v) is 10.3. The van der Waals surface area contributed by atoms with Crippen molar-refractivity contribution < 1.29 is 23.2 Å². The van der Waals surface area contributed by atoms with Crippen molar-refractivity contribution in [3.05, 3.63) is 11.1 Å². The maximum atomic E-state index is 9.39. The Kier molecular flexibility index (Phi) is 20.0. The number of allylic oxidation sites excluding steroid dienone is 2. The number of hydrogen-bond donors (Lipinski definition) is 2. The monoisotopic (exact) mass is 420 g/mol. The van der Waals surface area contributed by atoms with Crippen molar-refractivity contribution >= 4 is 62.9 Å². The molecular formula is C10H18Cl4O5P2+2. The highest BCUT2D eigenvalue weighted by Crippen LogP contribution is 2.30. The Morgan fingerprint density at radius 3 is 1.05 bits per heavy atom. The van der Waals surface area contributed by atoms with Crippen molar-refractivity contribution in [1.82, 2.24) is 0 Å².